The van der Waals surface area contributed by atoms with Gasteiger partial charge in [0.25, 0.3) is 0 Å². The molecule has 3 heteroatoms. The van der Waals surface area contributed by atoms with Gasteiger partial charge in [-0.1, -0.05) is 32.0 Å². The van der Waals surface area contributed by atoms with Crippen molar-refractivity contribution in [2.75, 3.05) is 6.54 Å². The van der Waals surface area contributed by atoms with Gasteiger partial charge in [0.15, 0.2) is 0 Å². The molecule has 0 saturated heterocycles. The highest BCUT2D eigenvalue weighted by Gasteiger charge is 2.23. The second-order valence-corrected chi connectivity index (χ2v) is 4.84. The van der Waals surface area contributed by atoms with Crippen LogP contribution in [-0.4, -0.2) is 6.54 Å². The van der Waals surface area contributed by atoms with E-state index < -0.39 is 0 Å². The van der Waals surface area contributed by atoms with Crippen molar-refractivity contribution in [1.82, 2.24) is 5.32 Å². The van der Waals surface area contributed by atoms with E-state index in [1.165, 1.54) is 10.9 Å². The zero-order valence-corrected chi connectivity index (χ0v) is 11.8. The SMILES string of the molecule is CCNC(c1ccoc1)c1c(CC)oc2ccccc12. The van der Waals surface area contributed by atoms with Crippen LogP contribution < -0.4 is 5.32 Å². The number of furan rings is 2. The predicted octanol–water partition coefficient (Wildman–Crippen LogP) is 4.29. The average Bonchev–Trinajstić information content (AvgIpc) is 3.12. The Morgan fingerprint density at radius 2 is 2.00 bits per heavy atom. The molecule has 20 heavy (non-hydrogen) atoms. The molecule has 1 unspecified atom stereocenters. The number of hydrogen-bond acceptors (Lipinski definition) is 3. The molecule has 0 radical (unpaired) electrons. The van der Waals surface area contributed by atoms with Gasteiger partial charge in [0.1, 0.15) is 11.3 Å². The lowest BCUT2D eigenvalue weighted by Gasteiger charge is -2.17. The zero-order valence-electron chi connectivity index (χ0n) is 11.8. The lowest BCUT2D eigenvalue weighted by Crippen LogP contribution is -2.22. The second-order valence-electron chi connectivity index (χ2n) is 4.84. The van der Waals surface area contributed by atoms with E-state index in [1.54, 1.807) is 12.5 Å². The van der Waals surface area contributed by atoms with Crippen molar-refractivity contribution >= 4 is 11.0 Å². The van der Waals surface area contributed by atoms with Crippen molar-refractivity contribution in [3.05, 3.63) is 59.7 Å². The molecule has 0 fully saturated rings. The Morgan fingerprint density at radius 1 is 1.15 bits per heavy atom. The summed E-state index contributed by atoms with van der Waals surface area (Å²) in [6.07, 6.45) is 4.39. The molecule has 1 N–H and O–H groups in total. The summed E-state index contributed by atoms with van der Waals surface area (Å²) in [5.74, 6) is 1.04. The third-order valence-corrected chi connectivity index (χ3v) is 3.61. The highest BCUT2D eigenvalue weighted by Crippen LogP contribution is 2.34. The topological polar surface area (TPSA) is 38.3 Å². The van der Waals surface area contributed by atoms with E-state index in [1.807, 2.05) is 18.2 Å². The molecule has 0 aliphatic heterocycles. The summed E-state index contributed by atoms with van der Waals surface area (Å²) in [7, 11) is 0. The maximum atomic E-state index is 6.00. The number of nitrogens with one attached hydrogen (secondary N) is 1. The highest BCUT2D eigenvalue weighted by molar-refractivity contribution is 5.83. The van der Waals surface area contributed by atoms with Crippen molar-refractivity contribution in [2.45, 2.75) is 26.3 Å². The fraction of sp³-hybridized carbons (Fsp3) is 0.294. The first-order valence-corrected chi connectivity index (χ1v) is 7.11. The Morgan fingerprint density at radius 3 is 2.70 bits per heavy atom. The van der Waals surface area contributed by atoms with Crippen molar-refractivity contribution in [3.63, 3.8) is 0 Å². The largest absolute Gasteiger partial charge is 0.472 e. The summed E-state index contributed by atoms with van der Waals surface area (Å²) in [4.78, 5) is 0. The average molecular weight is 269 g/mol. The van der Waals surface area contributed by atoms with Crippen LogP contribution in [0.25, 0.3) is 11.0 Å². The first kappa shape index (κ1) is 13.0. The van der Waals surface area contributed by atoms with Gasteiger partial charge in [0.05, 0.1) is 18.6 Å². The molecule has 1 atom stereocenters. The number of benzene rings is 1. The quantitative estimate of drug-likeness (QED) is 0.751. The Kier molecular flexibility index (Phi) is 3.61. The van der Waals surface area contributed by atoms with Gasteiger partial charge in [0, 0.05) is 22.9 Å². The number of hydrogen-bond donors (Lipinski definition) is 1. The van der Waals surface area contributed by atoms with E-state index in [4.69, 9.17) is 8.83 Å². The van der Waals surface area contributed by atoms with Crippen LogP contribution in [0.4, 0.5) is 0 Å². The molecule has 3 nitrogen and oxygen atoms in total. The van der Waals surface area contributed by atoms with Crippen LogP contribution in [0.1, 0.15) is 36.8 Å². The number of rotatable bonds is 5. The number of aryl methyl sites for hydroxylation is 1. The highest BCUT2D eigenvalue weighted by atomic mass is 16.3. The fourth-order valence-electron chi connectivity index (χ4n) is 2.73. The van der Waals surface area contributed by atoms with Crippen LogP contribution in [-0.2, 0) is 6.42 Å². The number of para-hydroxylation sites is 1. The van der Waals surface area contributed by atoms with Gasteiger partial charge in [0.2, 0.25) is 0 Å². The van der Waals surface area contributed by atoms with Gasteiger partial charge in [-0.15, -0.1) is 0 Å². The summed E-state index contributed by atoms with van der Waals surface area (Å²) in [6, 6.07) is 10.3. The van der Waals surface area contributed by atoms with Gasteiger partial charge < -0.3 is 14.2 Å². The van der Waals surface area contributed by atoms with Crippen molar-refractivity contribution in [2.24, 2.45) is 0 Å². The van der Waals surface area contributed by atoms with Crippen LogP contribution >= 0.6 is 0 Å². The summed E-state index contributed by atoms with van der Waals surface area (Å²) in [5, 5.41) is 4.71. The monoisotopic (exact) mass is 269 g/mol. The Bertz CT molecular complexity index is 682. The van der Waals surface area contributed by atoms with E-state index in [0.29, 0.717) is 0 Å². The minimum Gasteiger partial charge on any atom is -0.472 e. The second kappa shape index (κ2) is 5.55. The van der Waals surface area contributed by atoms with Crippen LogP contribution in [0.2, 0.25) is 0 Å². The lowest BCUT2D eigenvalue weighted by molar-refractivity contribution is 0.527. The summed E-state index contributed by atoms with van der Waals surface area (Å²) < 4.78 is 11.3. The Balaban J connectivity index is 2.19. The third kappa shape index (κ3) is 2.14. The van der Waals surface area contributed by atoms with Crippen molar-refractivity contribution in [3.8, 4) is 0 Å². The normalized spacial score (nSPS) is 12.9. The minimum atomic E-state index is 0.109. The van der Waals surface area contributed by atoms with Crippen LogP contribution in [0.3, 0.4) is 0 Å². The molecule has 0 amide bonds. The van der Waals surface area contributed by atoms with Gasteiger partial charge in [-0.3, -0.25) is 0 Å². The molecule has 2 heterocycles. The summed E-state index contributed by atoms with van der Waals surface area (Å²) in [5.41, 5.74) is 3.31. The van der Waals surface area contributed by atoms with Gasteiger partial charge in [-0.25, -0.2) is 0 Å². The standard InChI is InChI=1S/C17H19NO2/c1-3-14-16(13-7-5-6-8-15(13)20-14)17(18-4-2)12-9-10-19-11-12/h5-11,17-18H,3-4H2,1-2H3. The smallest absolute Gasteiger partial charge is 0.134 e. The van der Waals surface area contributed by atoms with E-state index in [0.717, 1.165) is 29.9 Å². The molecule has 0 saturated carbocycles. The molecule has 0 aliphatic carbocycles. The molecule has 3 rings (SSSR count). The van der Waals surface area contributed by atoms with E-state index in [-0.39, 0.29) is 6.04 Å². The van der Waals surface area contributed by atoms with Gasteiger partial charge in [-0.2, -0.15) is 0 Å². The first-order chi connectivity index (χ1) is 9.85. The van der Waals surface area contributed by atoms with Crippen molar-refractivity contribution in [1.29, 1.82) is 0 Å². The van der Waals surface area contributed by atoms with Gasteiger partial charge >= 0.3 is 0 Å². The first-order valence-electron chi connectivity index (χ1n) is 7.11. The van der Waals surface area contributed by atoms with Gasteiger partial charge in [-0.05, 0) is 18.7 Å². The van der Waals surface area contributed by atoms with E-state index >= 15 is 0 Å². The zero-order chi connectivity index (χ0) is 13.9. The Labute approximate surface area is 118 Å². The minimum absolute atomic E-state index is 0.109. The van der Waals surface area contributed by atoms with E-state index in [2.05, 4.69) is 31.3 Å². The maximum absolute atomic E-state index is 6.00. The number of fused-ring (bicyclic) bond motifs is 1. The molecular formula is C17H19NO2. The molecule has 0 aliphatic rings. The van der Waals surface area contributed by atoms with Crippen molar-refractivity contribution < 1.29 is 8.83 Å². The summed E-state index contributed by atoms with van der Waals surface area (Å²) >= 11 is 0. The summed E-state index contributed by atoms with van der Waals surface area (Å²) in [6.45, 7) is 5.12. The molecule has 1 aromatic carbocycles. The molecule has 0 bridgehead atoms. The molecule has 0 spiro atoms. The molecule has 3 aromatic rings. The maximum Gasteiger partial charge on any atom is 0.134 e. The third-order valence-electron chi connectivity index (χ3n) is 3.61. The van der Waals surface area contributed by atoms with E-state index in [9.17, 15) is 0 Å². The van der Waals surface area contributed by atoms with Crippen LogP contribution in [0.15, 0.2) is 51.7 Å². The predicted molar refractivity (Wildman–Crippen MR) is 79.8 cm³/mol. The molecular weight excluding hydrogens is 250 g/mol. The molecule has 2 aromatic heterocycles. The van der Waals surface area contributed by atoms with Crippen LogP contribution in [0.5, 0.6) is 0 Å². The molecule has 104 valence electrons. The van der Waals surface area contributed by atoms with Crippen LogP contribution in [0, 0.1) is 0 Å². The Hall–Kier alpha value is -2.00. The fourth-order valence-corrected chi connectivity index (χ4v) is 2.73. The lowest BCUT2D eigenvalue weighted by atomic mass is 9.97.